The van der Waals surface area contributed by atoms with E-state index in [-0.39, 0.29) is 4.64 Å². The van der Waals surface area contributed by atoms with E-state index in [1.54, 1.807) is 18.2 Å². The average Bonchev–Trinajstić information content (AvgIpc) is 2.42. The predicted octanol–water partition coefficient (Wildman–Crippen LogP) is 4.11. The molecule has 0 radical (unpaired) electrons. The summed E-state index contributed by atoms with van der Waals surface area (Å²) in [5, 5.41) is 1.04. The lowest BCUT2D eigenvalue weighted by molar-refractivity contribution is 0.507. The number of rotatable bonds is 1. The second kappa shape index (κ2) is 4.85. The van der Waals surface area contributed by atoms with Crippen LogP contribution < -0.4 is 5.76 Å². The number of hydrogen-bond acceptors (Lipinski definition) is 3. The fraction of sp³-hybridized carbons (Fsp3) is 0. The maximum absolute atomic E-state index is 13.0. The summed E-state index contributed by atoms with van der Waals surface area (Å²) >= 11 is 11.2. The highest BCUT2D eigenvalue weighted by Crippen LogP contribution is 2.20. The van der Waals surface area contributed by atoms with Gasteiger partial charge in [-0.3, -0.25) is 0 Å². The summed E-state index contributed by atoms with van der Waals surface area (Å²) in [6.45, 7) is 0. The molecule has 0 saturated heterocycles. The van der Waals surface area contributed by atoms with Gasteiger partial charge >= 0.3 is 5.76 Å². The summed E-state index contributed by atoms with van der Waals surface area (Å²) in [7, 11) is 0. The lowest BCUT2D eigenvalue weighted by Gasteiger charge is -2.07. The number of fused-ring (bicyclic) bond motifs is 1. The molecule has 0 atom stereocenters. The molecule has 1 heterocycles. The standard InChI is InChI=1S/C14H7ClFNO2S/c15-8-1-6-12-11(7-8)13(20)17(14(18)19-12)10-4-2-9(16)3-5-10/h1-7H. The Morgan fingerprint density at radius 1 is 1.15 bits per heavy atom. The second-order valence-electron chi connectivity index (χ2n) is 4.13. The number of halogens is 2. The molecule has 0 spiro atoms. The molecule has 0 aliphatic rings. The molecule has 0 bridgehead atoms. The maximum atomic E-state index is 13.0. The van der Waals surface area contributed by atoms with Crippen LogP contribution in [0.1, 0.15) is 0 Å². The number of nitrogens with zero attached hydrogens (tertiary/aromatic N) is 1. The molecule has 3 rings (SSSR count). The van der Waals surface area contributed by atoms with Crippen molar-refractivity contribution >= 4 is 34.8 Å². The third-order valence-corrected chi connectivity index (χ3v) is 3.48. The molecule has 0 fully saturated rings. The van der Waals surface area contributed by atoms with E-state index in [2.05, 4.69) is 0 Å². The SMILES string of the molecule is O=c1oc2ccc(Cl)cc2c(=S)n1-c1ccc(F)cc1. The van der Waals surface area contributed by atoms with Crippen molar-refractivity contribution in [2.75, 3.05) is 0 Å². The van der Waals surface area contributed by atoms with Gasteiger partial charge in [0.2, 0.25) is 0 Å². The molecule has 3 aromatic rings. The molecule has 0 saturated carbocycles. The summed E-state index contributed by atoms with van der Waals surface area (Å²) in [6, 6.07) is 10.2. The van der Waals surface area contributed by atoms with Crippen molar-refractivity contribution in [2.45, 2.75) is 0 Å². The molecule has 6 heteroatoms. The Kier molecular flexibility index (Phi) is 3.16. The van der Waals surface area contributed by atoms with Crippen LogP contribution in [0.4, 0.5) is 4.39 Å². The summed E-state index contributed by atoms with van der Waals surface area (Å²) in [4.78, 5) is 12.0. The van der Waals surface area contributed by atoms with Gasteiger partial charge in [0.25, 0.3) is 0 Å². The zero-order valence-electron chi connectivity index (χ0n) is 9.97. The van der Waals surface area contributed by atoms with Crippen molar-refractivity contribution in [3.63, 3.8) is 0 Å². The molecular weight excluding hydrogens is 301 g/mol. The maximum Gasteiger partial charge on any atom is 0.425 e. The van der Waals surface area contributed by atoms with Crippen LogP contribution in [0.3, 0.4) is 0 Å². The van der Waals surface area contributed by atoms with Crippen LogP contribution in [0.25, 0.3) is 16.7 Å². The van der Waals surface area contributed by atoms with Gasteiger partial charge in [0, 0.05) is 5.02 Å². The Labute approximate surface area is 122 Å². The van der Waals surface area contributed by atoms with E-state index in [9.17, 15) is 9.18 Å². The molecule has 0 aliphatic heterocycles. The highest BCUT2D eigenvalue weighted by atomic mass is 35.5. The quantitative estimate of drug-likeness (QED) is 0.635. The van der Waals surface area contributed by atoms with Gasteiger partial charge < -0.3 is 4.42 Å². The topological polar surface area (TPSA) is 35.1 Å². The van der Waals surface area contributed by atoms with Crippen molar-refractivity contribution in [1.29, 1.82) is 0 Å². The molecule has 0 unspecified atom stereocenters. The highest BCUT2D eigenvalue weighted by Gasteiger charge is 2.09. The first kappa shape index (κ1) is 13.0. The van der Waals surface area contributed by atoms with Crippen molar-refractivity contribution in [3.8, 4) is 5.69 Å². The third kappa shape index (κ3) is 2.15. The average molecular weight is 308 g/mol. The molecule has 0 N–H and O–H groups in total. The Balaban J connectivity index is 2.39. The van der Waals surface area contributed by atoms with Gasteiger partial charge in [-0.25, -0.2) is 13.8 Å². The van der Waals surface area contributed by atoms with Crippen LogP contribution in [0, 0.1) is 10.5 Å². The molecule has 100 valence electrons. The highest BCUT2D eigenvalue weighted by molar-refractivity contribution is 7.71. The molecule has 0 amide bonds. The lowest BCUT2D eigenvalue weighted by Crippen LogP contribution is -2.18. The fourth-order valence-electron chi connectivity index (χ4n) is 1.91. The second-order valence-corrected chi connectivity index (χ2v) is 4.95. The van der Waals surface area contributed by atoms with Crippen LogP contribution in [-0.2, 0) is 0 Å². The van der Waals surface area contributed by atoms with Crippen molar-refractivity contribution in [2.24, 2.45) is 0 Å². The monoisotopic (exact) mass is 307 g/mol. The van der Waals surface area contributed by atoms with E-state index in [1.807, 2.05) is 0 Å². The third-order valence-electron chi connectivity index (χ3n) is 2.84. The van der Waals surface area contributed by atoms with E-state index in [1.165, 1.54) is 28.8 Å². The van der Waals surface area contributed by atoms with Gasteiger partial charge in [0.1, 0.15) is 16.0 Å². The Morgan fingerprint density at radius 3 is 2.55 bits per heavy atom. The van der Waals surface area contributed by atoms with Crippen LogP contribution in [0.15, 0.2) is 51.7 Å². The Bertz CT molecular complexity index is 915. The smallest absolute Gasteiger partial charge is 0.409 e. The number of hydrogen-bond donors (Lipinski definition) is 0. The summed E-state index contributed by atoms with van der Waals surface area (Å²) in [5.74, 6) is -1.02. The minimum Gasteiger partial charge on any atom is -0.409 e. The lowest BCUT2D eigenvalue weighted by atomic mass is 10.2. The Morgan fingerprint density at radius 2 is 1.85 bits per heavy atom. The fourth-order valence-corrected chi connectivity index (χ4v) is 2.43. The van der Waals surface area contributed by atoms with Gasteiger partial charge in [0.15, 0.2) is 0 Å². The molecule has 0 aliphatic carbocycles. The van der Waals surface area contributed by atoms with E-state index in [0.717, 1.165) is 0 Å². The van der Waals surface area contributed by atoms with E-state index >= 15 is 0 Å². The molecule has 3 nitrogen and oxygen atoms in total. The summed E-state index contributed by atoms with van der Waals surface area (Å²) in [5.41, 5.74) is 0.801. The summed E-state index contributed by atoms with van der Waals surface area (Å²) < 4.78 is 19.6. The number of aromatic nitrogens is 1. The Hall–Kier alpha value is -1.98. The minimum atomic E-state index is -0.628. The van der Waals surface area contributed by atoms with Gasteiger partial charge in [-0.1, -0.05) is 23.8 Å². The van der Waals surface area contributed by atoms with Crippen molar-refractivity contribution < 1.29 is 8.81 Å². The van der Waals surface area contributed by atoms with Crippen molar-refractivity contribution in [3.05, 3.63) is 68.5 Å². The van der Waals surface area contributed by atoms with Crippen LogP contribution in [0.2, 0.25) is 5.02 Å². The van der Waals surface area contributed by atoms with E-state index in [0.29, 0.717) is 21.7 Å². The normalized spacial score (nSPS) is 10.9. The van der Waals surface area contributed by atoms with Gasteiger partial charge in [-0.05, 0) is 42.5 Å². The van der Waals surface area contributed by atoms with Crippen molar-refractivity contribution in [1.82, 2.24) is 4.57 Å². The largest absolute Gasteiger partial charge is 0.425 e. The van der Waals surface area contributed by atoms with Crippen LogP contribution in [0.5, 0.6) is 0 Å². The van der Waals surface area contributed by atoms with Gasteiger partial charge in [0.05, 0.1) is 11.1 Å². The zero-order valence-corrected chi connectivity index (χ0v) is 11.5. The van der Waals surface area contributed by atoms with E-state index in [4.69, 9.17) is 28.2 Å². The molecular formula is C14H7ClFNO2S. The van der Waals surface area contributed by atoms with Crippen LogP contribution >= 0.6 is 23.8 Å². The first-order chi connectivity index (χ1) is 9.56. The first-order valence-corrected chi connectivity index (χ1v) is 6.46. The first-order valence-electron chi connectivity index (χ1n) is 5.67. The zero-order chi connectivity index (χ0) is 14.3. The molecule has 2 aromatic carbocycles. The van der Waals surface area contributed by atoms with Crippen LogP contribution in [-0.4, -0.2) is 4.57 Å². The van der Waals surface area contributed by atoms with E-state index < -0.39 is 11.6 Å². The minimum absolute atomic E-state index is 0.269. The summed E-state index contributed by atoms with van der Waals surface area (Å²) in [6.07, 6.45) is 0. The molecule has 1 aromatic heterocycles. The van der Waals surface area contributed by atoms with Gasteiger partial charge in [-0.15, -0.1) is 0 Å². The molecule has 20 heavy (non-hydrogen) atoms. The van der Waals surface area contributed by atoms with Gasteiger partial charge in [-0.2, -0.15) is 0 Å². The predicted molar refractivity (Wildman–Crippen MR) is 77.6 cm³/mol. The number of benzene rings is 2.